The van der Waals surface area contributed by atoms with Gasteiger partial charge in [-0.2, -0.15) is 17.4 Å². The molecule has 0 rings (SSSR count). The van der Waals surface area contributed by atoms with Crippen LogP contribution in [0.25, 0.3) is 0 Å². The topological polar surface area (TPSA) is 86.7 Å². The number of nitrogens with zero attached hydrogens (tertiary/aromatic N) is 1. The van der Waals surface area contributed by atoms with Crippen molar-refractivity contribution in [2.24, 2.45) is 5.41 Å². The largest absolute Gasteiger partial charge is 0.481 e. The summed E-state index contributed by atoms with van der Waals surface area (Å²) >= 11 is 0. The van der Waals surface area contributed by atoms with Gasteiger partial charge in [-0.25, -0.2) is 0 Å². The molecule has 0 saturated heterocycles. The van der Waals surface area contributed by atoms with Gasteiger partial charge in [-0.15, -0.1) is 0 Å². The summed E-state index contributed by atoms with van der Waals surface area (Å²) in [5.74, 6) is -1.02. The monoisotopic (exact) mass is 266 g/mol. The normalized spacial score (nSPS) is 14.9. The zero-order valence-corrected chi connectivity index (χ0v) is 11.8. The number of carboxylic acids is 1. The molecule has 7 heteroatoms. The third-order valence-electron chi connectivity index (χ3n) is 2.68. The van der Waals surface area contributed by atoms with E-state index < -0.39 is 16.2 Å². The average molecular weight is 266 g/mol. The van der Waals surface area contributed by atoms with Crippen molar-refractivity contribution in [1.29, 1.82) is 0 Å². The lowest BCUT2D eigenvalue weighted by molar-refractivity contribution is -0.137. The van der Waals surface area contributed by atoms with Crippen LogP contribution in [0.4, 0.5) is 0 Å². The Morgan fingerprint density at radius 1 is 1.41 bits per heavy atom. The molecular weight excluding hydrogens is 244 g/mol. The molecule has 0 aromatic heterocycles. The first kappa shape index (κ1) is 16.3. The first-order valence-electron chi connectivity index (χ1n) is 5.42. The number of carboxylic acid groups (broad SMARTS) is 1. The summed E-state index contributed by atoms with van der Waals surface area (Å²) in [6.45, 7) is 7.52. The molecule has 0 radical (unpaired) electrons. The maximum atomic E-state index is 11.8. The predicted octanol–water partition coefficient (Wildman–Crippen LogP) is 0.662. The van der Waals surface area contributed by atoms with Gasteiger partial charge in [0.05, 0.1) is 6.42 Å². The van der Waals surface area contributed by atoms with Crippen LogP contribution in [0.5, 0.6) is 0 Å². The zero-order valence-electron chi connectivity index (χ0n) is 11.0. The lowest BCUT2D eigenvalue weighted by Crippen LogP contribution is -2.47. The van der Waals surface area contributed by atoms with Crippen LogP contribution in [0.1, 0.15) is 34.1 Å². The number of aliphatic carboxylic acids is 1. The molecule has 0 bridgehead atoms. The lowest BCUT2D eigenvalue weighted by Gasteiger charge is -2.29. The van der Waals surface area contributed by atoms with Crippen molar-refractivity contribution in [3.63, 3.8) is 0 Å². The van der Waals surface area contributed by atoms with E-state index in [1.165, 1.54) is 7.05 Å². The van der Waals surface area contributed by atoms with Gasteiger partial charge in [0.1, 0.15) is 0 Å². The van der Waals surface area contributed by atoms with Gasteiger partial charge in [0, 0.05) is 19.6 Å². The zero-order chi connectivity index (χ0) is 13.9. The minimum absolute atomic E-state index is 0.0401. The second-order valence-corrected chi connectivity index (χ2v) is 6.99. The first-order valence-corrected chi connectivity index (χ1v) is 6.86. The van der Waals surface area contributed by atoms with Crippen molar-refractivity contribution >= 4 is 16.2 Å². The van der Waals surface area contributed by atoms with Crippen molar-refractivity contribution in [3.8, 4) is 0 Å². The fourth-order valence-electron chi connectivity index (χ4n) is 0.863. The molecular formula is C10H22N2O4S. The Morgan fingerprint density at radius 2 is 1.88 bits per heavy atom. The number of carbonyl (C=O) groups is 1. The van der Waals surface area contributed by atoms with Crippen molar-refractivity contribution in [3.05, 3.63) is 0 Å². The highest BCUT2D eigenvalue weighted by Crippen LogP contribution is 2.19. The van der Waals surface area contributed by atoms with Crippen LogP contribution in [0.2, 0.25) is 0 Å². The van der Waals surface area contributed by atoms with Gasteiger partial charge in [-0.1, -0.05) is 20.8 Å². The highest BCUT2D eigenvalue weighted by Gasteiger charge is 2.27. The molecule has 0 aromatic carbocycles. The van der Waals surface area contributed by atoms with Crippen LogP contribution >= 0.6 is 0 Å². The van der Waals surface area contributed by atoms with Crippen LogP contribution in [-0.2, 0) is 15.0 Å². The molecule has 0 saturated carbocycles. The fraction of sp³-hybridized carbons (Fsp3) is 0.900. The van der Waals surface area contributed by atoms with Crippen LogP contribution in [0.15, 0.2) is 0 Å². The van der Waals surface area contributed by atoms with E-state index >= 15 is 0 Å². The second kappa shape index (κ2) is 5.79. The van der Waals surface area contributed by atoms with E-state index in [9.17, 15) is 13.2 Å². The van der Waals surface area contributed by atoms with Crippen LogP contribution in [0, 0.1) is 5.41 Å². The molecule has 1 atom stereocenters. The summed E-state index contributed by atoms with van der Waals surface area (Å²) in [7, 11) is -2.26. The van der Waals surface area contributed by atoms with Crippen molar-refractivity contribution in [2.45, 2.75) is 40.2 Å². The Kier molecular flexibility index (Phi) is 5.57. The fourth-order valence-corrected chi connectivity index (χ4v) is 2.18. The van der Waals surface area contributed by atoms with E-state index in [1.54, 1.807) is 6.92 Å². The Hall–Kier alpha value is -0.660. The van der Waals surface area contributed by atoms with Gasteiger partial charge in [-0.05, 0) is 12.3 Å². The highest BCUT2D eigenvalue weighted by molar-refractivity contribution is 7.87. The SMILES string of the molecule is CC(NS(=O)(=O)N(C)CCC(=O)O)C(C)(C)C. The average Bonchev–Trinajstić information content (AvgIpc) is 2.11. The van der Waals surface area contributed by atoms with Crippen molar-refractivity contribution in [2.75, 3.05) is 13.6 Å². The molecule has 0 spiro atoms. The van der Waals surface area contributed by atoms with E-state index in [1.807, 2.05) is 20.8 Å². The molecule has 6 nitrogen and oxygen atoms in total. The molecule has 0 amide bonds. The van der Waals surface area contributed by atoms with Gasteiger partial charge in [0.2, 0.25) is 0 Å². The van der Waals surface area contributed by atoms with Gasteiger partial charge in [-0.3, -0.25) is 4.79 Å². The second-order valence-electron chi connectivity index (χ2n) is 5.18. The molecule has 0 aliphatic heterocycles. The number of hydrogen-bond donors (Lipinski definition) is 2. The number of hydrogen-bond acceptors (Lipinski definition) is 3. The summed E-state index contributed by atoms with van der Waals surface area (Å²) in [5, 5.41) is 8.50. The summed E-state index contributed by atoms with van der Waals surface area (Å²) < 4.78 is 27.2. The standard InChI is InChI=1S/C10H22N2O4S/c1-8(10(2,3)4)11-17(15,16)12(5)7-6-9(13)14/h8,11H,6-7H2,1-5H3,(H,13,14). The van der Waals surface area contributed by atoms with Gasteiger partial charge in [0.25, 0.3) is 10.2 Å². The Labute approximate surface area is 103 Å². The summed E-state index contributed by atoms with van der Waals surface area (Å²) in [4.78, 5) is 10.4. The lowest BCUT2D eigenvalue weighted by atomic mass is 9.89. The van der Waals surface area contributed by atoms with Crippen molar-refractivity contribution < 1.29 is 18.3 Å². The smallest absolute Gasteiger partial charge is 0.304 e. The minimum Gasteiger partial charge on any atom is -0.481 e. The van der Waals surface area contributed by atoms with E-state index in [-0.39, 0.29) is 24.4 Å². The predicted molar refractivity (Wildman–Crippen MR) is 65.9 cm³/mol. The number of rotatable bonds is 6. The van der Waals surface area contributed by atoms with Gasteiger partial charge < -0.3 is 5.11 Å². The summed E-state index contributed by atoms with van der Waals surface area (Å²) in [5.41, 5.74) is -0.194. The molecule has 0 aromatic rings. The molecule has 17 heavy (non-hydrogen) atoms. The Morgan fingerprint density at radius 3 is 2.24 bits per heavy atom. The maximum absolute atomic E-state index is 11.8. The van der Waals surface area contributed by atoms with E-state index in [0.29, 0.717) is 0 Å². The first-order chi connectivity index (χ1) is 7.47. The number of nitrogens with one attached hydrogen (secondary N) is 1. The summed E-state index contributed by atoms with van der Waals surface area (Å²) in [6, 6.07) is -0.236. The summed E-state index contributed by atoms with van der Waals surface area (Å²) in [6.07, 6.45) is -0.207. The molecule has 102 valence electrons. The van der Waals surface area contributed by atoms with Gasteiger partial charge >= 0.3 is 5.97 Å². The third-order valence-corrected chi connectivity index (χ3v) is 4.33. The van der Waals surface area contributed by atoms with E-state index in [0.717, 1.165) is 4.31 Å². The minimum atomic E-state index is -3.62. The Balaban J connectivity index is 4.53. The maximum Gasteiger partial charge on any atom is 0.304 e. The highest BCUT2D eigenvalue weighted by atomic mass is 32.2. The van der Waals surface area contributed by atoms with Crippen LogP contribution in [0.3, 0.4) is 0 Å². The van der Waals surface area contributed by atoms with Crippen molar-refractivity contribution in [1.82, 2.24) is 9.03 Å². The van der Waals surface area contributed by atoms with E-state index in [2.05, 4.69) is 4.72 Å². The third kappa shape index (κ3) is 5.99. The van der Waals surface area contributed by atoms with Gasteiger partial charge in [0.15, 0.2) is 0 Å². The molecule has 0 fully saturated rings. The molecule has 0 heterocycles. The van der Waals surface area contributed by atoms with E-state index in [4.69, 9.17) is 5.11 Å². The molecule has 0 aliphatic rings. The quantitative estimate of drug-likeness (QED) is 0.739. The van der Waals surface area contributed by atoms with Crippen LogP contribution in [-0.4, -0.2) is 43.4 Å². The molecule has 2 N–H and O–H groups in total. The van der Waals surface area contributed by atoms with Crippen LogP contribution < -0.4 is 4.72 Å². The molecule has 0 aliphatic carbocycles. The Bertz CT molecular complexity index is 359. The molecule has 1 unspecified atom stereocenters.